The van der Waals surface area contributed by atoms with Gasteiger partial charge in [0.05, 0.1) is 12.1 Å². The standard InChI is InChI=1S/C16H15ClO2/c1-19-13-8-9-14(15(17)11-13)16(18)10-7-12-5-3-2-4-6-12/h2-6,8-9,11H,7,10H2,1H3. The molecule has 0 aliphatic carbocycles. The lowest BCUT2D eigenvalue weighted by Gasteiger charge is -2.06. The number of hydrogen-bond donors (Lipinski definition) is 0. The molecular formula is C16H15ClO2. The molecule has 0 aromatic heterocycles. The number of ketones is 1. The summed E-state index contributed by atoms with van der Waals surface area (Å²) in [5.41, 5.74) is 1.71. The zero-order valence-corrected chi connectivity index (χ0v) is 11.5. The van der Waals surface area contributed by atoms with Gasteiger partial charge in [0.2, 0.25) is 0 Å². The molecule has 0 atom stereocenters. The van der Waals surface area contributed by atoms with E-state index < -0.39 is 0 Å². The molecule has 0 radical (unpaired) electrons. The van der Waals surface area contributed by atoms with Crippen LogP contribution in [-0.2, 0) is 6.42 Å². The molecule has 2 aromatic carbocycles. The third-order valence-corrected chi connectivity index (χ3v) is 3.27. The summed E-state index contributed by atoms with van der Waals surface area (Å²) in [6.45, 7) is 0. The zero-order chi connectivity index (χ0) is 13.7. The number of halogens is 1. The van der Waals surface area contributed by atoms with Crippen molar-refractivity contribution >= 4 is 17.4 Å². The Morgan fingerprint density at radius 3 is 2.53 bits per heavy atom. The second-order valence-electron chi connectivity index (χ2n) is 4.25. The first-order chi connectivity index (χ1) is 9.20. The topological polar surface area (TPSA) is 26.3 Å². The van der Waals surface area contributed by atoms with E-state index in [0.29, 0.717) is 22.8 Å². The van der Waals surface area contributed by atoms with Gasteiger partial charge in [-0.2, -0.15) is 0 Å². The molecule has 98 valence electrons. The van der Waals surface area contributed by atoms with Crippen molar-refractivity contribution in [2.75, 3.05) is 7.11 Å². The van der Waals surface area contributed by atoms with Crippen LogP contribution in [0, 0.1) is 0 Å². The summed E-state index contributed by atoms with van der Waals surface area (Å²) >= 11 is 6.08. The maximum Gasteiger partial charge on any atom is 0.164 e. The van der Waals surface area contributed by atoms with E-state index in [2.05, 4.69) is 0 Å². The molecule has 0 amide bonds. The minimum Gasteiger partial charge on any atom is -0.497 e. The Bertz CT molecular complexity index is 564. The molecule has 0 spiro atoms. The lowest BCUT2D eigenvalue weighted by atomic mass is 10.0. The van der Waals surface area contributed by atoms with Crippen molar-refractivity contribution in [2.24, 2.45) is 0 Å². The van der Waals surface area contributed by atoms with Gasteiger partial charge in [-0.15, -0.1) is 0 Å². The van der Waals surface area contributed by atoms with E-state index in [9.17, 15) is 4.79 Å². The summed E-state index contributed by atoms with van der Waals surface area (Å²) in [6, 6.07) is 15.1. The molecule has 19 heavy (non-hydrogen) atoms. The van der Waals surface area contributed by atoms with Gasteiger partial charge in [-0.3, -0.25) is 4.79 Å². The first-order valence-corrected chi connectivity index (χ1v) is 6.49. The average Bonchev–Trinajstić information content (AvgIpc) is 2.45. The number of benzene rings is 2. The number of carbonyl (C=O) groups excluding carboxylic acids is 1. The fourth-order valence-electron chi connectivity index (χ4n) is 1.89. The lowest BCUT2D eigenvalue weighted by molar-refractivity contribution is 0.0983. The lowest BCUT2D eigenvalue weighted by Crippen LogP contribution is -2.02. The molecule has 2 nitrogen and oxygen atoms in total. The number of rotatable bonds is 5. The fraction of sp³-hybridized carbons (Fsp3) is 0.188. The Kier molecular flexibility index (Phi) is 4.58. The third kappa shape index (κ3) is 3.58. The molecule has 0 N–H and O–H groups in total. The summed E-state index contributed by atoms with van der Waals surface area (Å²) in [6.07, 6.45) is 1.18. The first-order valence-electron chi connectivity index (χ1n) is 6.11. The number of Topliss-reactive ketones (excluding diaryl/α,β-unsaturated/α-hetero) is 1. The number of methoxy groups -OCH3 is 1. The van der Waals surface area contributed by atoms with Crippen LogP contribution in [0.25, 0.3) is 0 Å². The van der Waals surface area contributed by atoms with Crippen LogP contribution < -0.4 is 4.74 Å². The van der Waals surface area contributed by atoms with Crippen molar-refractivity contribution in [1.82, 2.24) is 0 Å². The SMILES string of the molecule is COc1ccc(C(=O)CCc2ccccc2)c(Cl)c1. The van der Waals surface area contributed by atoms with Crippen molar-refractivity contribution in [3.05, 3.63) is 64.7 Å². The van der Waals surface area contributed by atoms with Crippen LogP contribution in [0.1, 0.15) is 22.3 Å². The van der Waals surface area contributed by atoms with Gasteiger partial charge in [0.25, 0.3) is 0 Å². The van der Waals surface area contributed by atoms with Gasteiger partial charge in [-0.1, -0.05) is 41.9 Å². The summed E-state index contributed by atoms with van der Waals surface area (Å²) in [4.78, 5) is 12.1. The van der Waals surface area contributed by atoms with Crippen LogP contribution in [0.2, 0.25) is 5.02 Å². The molecular weight excluding hydrogens is 260 g/mol. The Labute approximate surface area is 118 Å². The highest BCUT2D eigenvalue weighted by Crippen LogP contribution is 2.23. The Hall–Kier alpha value is -1.80. The van der Waals surface area contributed by atoms with Gasteiger partial charge in [-0.25, -0.2) is 0 Å². The van der Waals surface area contributed by atoms with Gasteiger partial charge in [0, 0.05) is 12.0 Å². The maximum absolute atomic E-state index is 12.1. The molecule has 0 aliphatic heterocycles. The summed E-state index contributed by atoms with van der Waals surface area (Å²) in [5, 5.41) is 0.442. The second kappa shape index (κ2) is 6.39. The first kappa shape index (κ1) is 13.6. The summed E-state index contributed by atoms with van der Waals surface area (Å²) in [5.74, 6) is 0.709. The zero-order valence-electron chi connectivity index (χ0n) is 10.7. The smallest absolute Gasteiger partial charge is 0.164 e. The van der Waals surface area contributed by atoms with E-state index >= 15 is 0 Å². The van der Waals surface area contributed by atoms with Crippen molar-refractivity contribution in [2.45, 2.75) is 12.8 Å². The molecule has 0 bridgehead atoms. The minimum absolute atomic E-state index is 0.0523. The molecule has 2 aromatic rings. The minimum atomic E-state index is 0.0523. The molecule has 3 heteroatoms. The van der Waals surface area contributed by atoms with Crippen LogP contribution in [0.5, 0.6) is 5.75 Å². The van der Waals surface area contributed by atoms with E-state index in [4.69, 9.17) is 16.3 Å². The van der Waals surface area contributed by atoms with Crippen LogP contribution in [0.3, 0.4) is 0 Å². The highest BCUT2D eigenvalue weighted by molar-refractivity contribution is 6.34. The van der Waals surface area contributed by atoms with Gasteiger partial charge < -0.3 is 4.74 Å². The van der Waals surface area contributed by atoms with Crippen LogP contribution >= 0.6 is 11.6 Å². The molecule has 2 rings (SSSR count). The van der Waals surface area contributed by atoms with Gasteiger partial charge >= 0.3 is 0 Å². The van der Waals surface area contributed by atoms with Crippen LogP contribution in [0.4, 0.5) is 0 Å². The maximum atomic E-state index is 12.1. The highest BCUT2D eigenvalue weighted by Gasteiger charge is 2.11. The van der Waals surface area contributed by atoms with E-state index in [1.54, 1.807) is 25.3 Å². The van der Waals surface area contributed by atoms with Crippen LogP contribution in [0.15, 0.2) is 48.5 Å². The van der Waals surface area contributed by atoms with Crippen LogP contribution in [-0.4, -0.2) is 12.9 Å². The quantitative estimate of drug-likeness (QED) is 0.765. The monoisotopic (exact) mass is 274 g/mol. The molecule has 0 saturated carbocycles. The molecule has 0 unspecified atom stereocenters. The number of ether oxygens (including phenoxy) is 1. The molecule has 0 heterocycles. The van der Waals surface area contributed by atoms with Crippen molar-refractivity contribution in [1.29, 1.82) is 0 Å². The van der Waals surface area contributed by atoms with Crippen molar-refractivity contribution in [3.8, 4) is 5.75 Å². The third-order valence-electron chi connectivity index (χ3n) is 2.96. The number of aryl methyl sites for hydroxylation is 1. The summed E-state index contributed by atoms with van der Waals surface area (Å²) in [7, 11) is 1.57. The van der Waals surface area contributed by atoms with Gasteiger partial charge in [-0.05, 0) is 30.2 Å². The van der Waals surface area contributed by atoms with E-state index in [1.807, 2.05) is 30.3 Å². The van der Waals surface area contributed by atoms with E-state index in [0.717, 1.165) is 12.0 Å². The number of carbonyl (C=O) groups is 1. The average molecular weight is 275 g/mol. The molecule has 0 saturated heterocycles. The van der Waals surface area contributed by atoms with Gasteiger partial charge in [0.15, 0.2) is 5.78 Å². The second-order valence-corrected chi connectivity index (χ2v) is 4.66. The van der Waals surface area contributed by atoms with E-state index in [-0.39, 0.29) is 5.78 Å². The van der Waals surface area contributed by atoms with Crippen molar-refractivity contribution < 1.29 is 9.53 Å². The van der Waals surface area contributed by atoms with Crippen molar-refractivity contribution in [3.63, 3.8) is 0 Å². The molecule has 0 aliphatic rings. The van der Waals surface area contributed by atoms with Gasteiger partial charge in [0.1, 0.15) is 5.75 Å². The summed E-state index contributed by atoms with van der Waals surface area (Å²) < 4.78 is 5.06. The Morgan fingerprint density at radius 2 is 1.89 bits per heavy atom. The predicted octanol–water partition coefficient (Wildman–Crippen LogP) is 4.16. The number of hydrogen-bond acceptors (Lipinski definition) is 2. The fourth-order valence-corrected chi connectivity index (χ4v) is 2.16. The Morgan fingerprint density at radius 1 is 1.16 bits per heavy atom. The predicted molar refractivity (Wildman–Crippen MR) is 77.1 cm³/mol. The normalized spacial score (nSPS) is 10.2. The molecule has 0 fully saturated rings. The largest absolute Gasteiger partial charge is 0.497 e. The van der Waals surface area contributed by atoms with E-state index in [1.165, 1.54) is 0 Å². The Balaban J connectivity index is 2.04. The highest BCUT2D eigenvalue weighted by atomic mass is 35.5.